The van der Waals surface area contributed by atoms with E-state index in [4.69, 9.17) is 19.3 Å². The third-order valence-electron chi connectivity index (χ3n) is 2.76. The fourth-order valence-corrected chi connectivity index (χ4v) is 1.76. The van der Waals surface area contributed by atoms with Crippen LogP contribution in [0.5, 0.6) is 11.5 Å². The van der Waals surface area contributed by atoms with Crippen molar-refractivity contribution in [3.05, 3.63) is 12.1 Å². The van der Waals surface area contributed by atoms with Crippen LogP contribution in [0.3, 0.4) is 0 Å². The van der Waals surface area contributed by atoms with E-state index in [9.17, 15) is 9.90 Å². The minimum atomic E-state index is -0.911. The summed E-state index contributed by atoms with van der Waals surface area (Å²) in [6, 6.07) is 3.25. The maximum absolute atomic E-state index is 11.5. The van der Waals surface area contributed by atoms with Crippen LogP contribution in [0.25, 0.3) is 0 Å². The van der Waals surface area contributed by atoms with Gasteiger partial charge in [0.2, 0.25) is 6.79 Å². The number of fused-ring (bicyclic) bond motifs is 1. The van der Waals surface area contributed by atoms with Gasteiger partial charge in [-0.25, -0.2) is 4.79 Å². The Hall–Kier alpha value is -2.19. The number of rotatable bonds is 6. The fraction of sp³-hybridized carbons (Fsp3) is 0.462. The largest absolute Gasteiger partial charge is 0.454 e. The molecule has 0 radical (unpaired) electrons. The first-order valence-corrected chi connectivity index (χ1v) is 6.54. The van der Waals surface area contributed by atoms with Crippen molar-refractivity contribution in [3.8, 4) is 11.5 Å². The van der Waals surface area contributed by atoms with Crippen LogP contribution in [-0.4, -0.2) is 49.0 Å². The van der Waals surface area contributed by atoms with E-state index in [1.165, 1.54) is 0 Å². The Morgan fingerprint density at radius 3 is 2.67 bits per heavy atom. The van der Waals surface area contributed by atoms with Crippen molar-refractivity contribution < 1.29 is 29.2 Å². The Bertz CT molecular complexity index is 508. The summed E-state index contributed by atoms with van der Waals surface area (Å²) in [4.78, 5) is 11.5. The smallest absolute Gasteiger partial charge is 0.411 e. The number of aliphatic hydroxyl groups is 2. The van der Waals surface area contributed by atoms with Gasteiger partial charge in [0.15, 0.2) is 11.5 Å². The van der Waals surface area contributed by atoms with Crippen molar-refractivity contribution in [1.29, 1.82) is 0 Å². The van der Waals surface area contributed by atoms with E-state index in [0.717, 1.165) is 0 Å². The Labute approximate surface area is 121 Å². The fourth-order valence-electron chi connectivity index (χ4n) is 1.76. The lowest BCUT2D eigenvalue weighted by atomic mass is 10.2. The van der Waals surface area contributed by atoms with Gasteiger partial charge in [-0.1, -0.05) is 0 Å². The highest BCUT2D eigenvalue weighted by molar-refractivity contribution is 5.90. The third-order valence-corrected chi connectivity index (χ3v) is 2.76. The molecule has 8 nitrogen and oxygen atoms in total. The Morgan fingerprint density at radius 2 is 2.05 bits per heavy atom. The molecule has 2 rings (SSSR count). The molecule has 1 heterocycles. The van der Waals surface area contributed by atoms with E-state index < -0.39 is 12.2 Å². The highest BCUT2D eigenvalue weighted by atomic mass is 16.7. The third kappa shape index (κ3) is 3.89. The van der Waals surface area contributed by atoms with Gasteiger partial charge in [0.25, 0.3) is 0 Å². The summed E-state index contributed by atoms with van der Waals surface area (Å²) in [7, 11) is 0. The number of carbonyl (C=O) groups excluding carboxylic acids is 1. The first-order valence-electron chi connectivity index (χ1n) is 6.54. The average Bonchev–Trinajstić information content (AvgIpc) is 2.91. The summed E-state index contributed by atoms with van der Waals surface area (Å²) >= 11 is 0. The maximum Gasteiger partial charge on any atom is 0.411 e. The van der Waals surface area contributed by atoms with Crippen LogP contribution in [0.2, 0.25) is 0 Å². The van der Waals surface area contributed by atoms with Crippen molar-refractivity contribution in [1.82, 2.24) is 0 Å². The van der Waals surface area contributed by atoms with Gasteiger partial charge in [-0.2, -0.15) is 0 Å². The van der Waals surface area contributed by atoms with Gasteiger partial charge in [0, 0.05) is 18.7 Å². The zero-order valence-electron chi connectivity index (χ0n) is 11.6. The number of anilines is 2. The molecule has 1 atom stereocenters. The molecule has 0 fully saturated rings. The number of hydrogen-bond donors (Lipinski definition) is 4. The van der Waals surface area contributed by atoms with Crippen LogP contribution < -0.4 is 20.1 Å². The van der Waals surface area contributed by atoms with E-state index in [-0.39, 0.29) is 26.6 Å². The van der Waals surface area contributed by atoms with Crippen LogP contribution in [0.4, 0.5) is 16.2 Å². The molecule has 1 aliphatic heterocycles. The second kappa shape index (κ2) is 7.00. The molecule has 0 spiro atoms. The van der Waals surface area contributed by atoms with Gasteiger partial charge in [-0.3, -0.25) is 5.32 Å². The number of ether oxygens (including phenoxy) is 3. The highest BCUT2D eigenvalue weighted by Crippen LogP contribution is 2.39. The van der Waals surface area contributed by atoms with Crippen LogP contribution in [0, 0.1) is 0 Å². The summed E-state index contributed by atoms with van der Waals surface area (Å²) in [5, 5.41) is 23.7. The molecular formula is C13H18N2O6. The number of aliphatic hydroxyl groups excluding tert-OH is 2. The predicted molar refractivity (Wildman–Crippen MR) is 74.8 cm³/mol. The predicted octanol–water partition coefficient (Wildman–Crippen LogP) is 0.749. The zero-order valence-corrected chi connectivity index (χ0v) is 11.6. The molecule has 0 saturated heterocycles. The van der Waals surface area contributed by atoms with Crippen molar-refractivity contribution in [2.45, 2.75) is 13.0 Å². The van der Waals surface area contributed by atoms with Gasteiger partial charge < -0.3 is 29.7 Å². The minimum Gasteiger partial charge on any atom is -0.454 e. The molecule has 21 heavy (non-hydrogen) atoms. The minimum absolute atomic E-state index is 0.108. The van der Waals surface area contributed by atoms with Crippen LogP contribution in [0.1, 0.15) is 6.92 Å². The molecule has 116 valence electrons. The van der Waals surface area contributed by atoms with Crippen molar-refractivity contribution in [3.63, 3.8) is 0 Å². The lowest BCUT2D eigenvalue weighted by molar-refractivity contribution is 0.105. The molecular weight excluding hydrogens is 280 g/mol. The quantitative estimate of drug-likeness (QED) is 0.613. The van der Waals surface area contributed by atoms with E-state index in [1.807, 2.05) is 0 Å². The topological polar surface area (TPSA) is 109 Å². The van der Waals surface area contributed by atoms with Crippen LogP contribution in [-0.2, 0) is 4.74 Å². The van der Waals surface area contributed by atoms with Crippen molar-refractivity contribution in [2.24, 2.45) is 0 Å². The first kappa shape index (κ1) is 15.2. The summed E-state index contributed by atoms with van der Waals surface area (Å²) < 4.78 is 15.3. The van der Waals surface area contributed by atoms with Crippen molar-refractivity contribution in [2.75, 3.05) is 37.2 Å². The van der Waals surface area contributed by atoms with Gasteiger partial charge in [-0.15, -0.1) is 0 Å². The zero-order chi connectivity index (χ0) is 15.2. The van der Waals surface area contributed by atoms with Crippen LogP contribution >= 0.6 is 0 Å². The standard InChI is InChI=1S/C13H18N2O6/c1-2-19-13(18)15-10-4-12-11(20-7-21-12)3-9(10)14-5-8(17)6-16/h3-4,8,14,16-17H,2,5-7H2,1H3,(H,15,18). The number of amides is 1. The maximum atomic E-state index is 11.5. The second-order valence-electron chi connectivity index (χ2n) is 4.31. The van der Waals surface area contributed by atoms with Gasteiger partial charge in [-0.05, 0) is 6.92 Å². The molecule has 4 N–H and O–H groups in total. The summed E-state index contributed by atoms with van der Waals surface area (Å²) in [5.74, 6) is 1.04. The lowest BCUT2D eigenvalue weighted by Crippen LogP contribution is -2.23. The van der Waals surface area contributed by atoms with Gasteiger partial charge >= 0.3 is 6.09 Å². The Balaban J connectivity index is 2.17. The van der Waals surface area contributed by atoms with E-state index in [0.29, 0.717) is 22.9 Å². The summed E-state index contributed by atoms with van der Waals surface area (Å²) in [5.41, 5.74) is 0.961. The lowest BCUT2D eigenvalue weighted by Gasteiger charge is -2.15. The van der Waals surface area contributed by atoms with E-state index >= 15 is 0 Å². The molecule has 1 aromatic rings. The van der Waals surface area contributed by atoms with Gasteiger partial charge in [0.1, 0.15) is 0 Å². The number of benzene rings is 1. The van der Waals surface area contributed by atoms with E-state index in [1.54, 1.807) is 19.1 Å². The summed E-state index contributed by atoms with van der Waals surface area (Å²) in [6.45, 7) is 1.82. The Kier molecular flexibility index (Phi) is 5.07. The molecule has 1 aliphatic rings. The molecule has 1 unspecified atom stereocenters. The van der Waals surface area contributed by atoms with Crippen LogP contribution in [0.15, 0.2) is 12.1 Å². The normalized spacial score (nSPS) is 13.7. The van der Waals surface area contributed by atoms with Gasteiger partial charge in [0.05, 0.1) is 30.7 Å². The Morgan fingerprint density at radius 1 is 1.38 bits per heavy atom. The SMILES string of the molecule is CCOC(=O)Nc1cc2c(cc1NCC(O)CO)OCO2. The number of nitrogens with one attached hydrogen (secondary N) is 2. The first-order chi connectivity index (χ1) is 10.1. The highest BCUT2D eigenvalue weighted by Gasteiger charge is 2.19. The molecule has 0 aliphatic carbocycles. The van der Waals surface area contributed by atoms with Crippen molar-refractivity contribution >= 4 is 17.5 Å². The van der Waals surface area contributed by atoms with E-state index in [2.05, 4.69) is 10.6 Å². The second-order valence-corrected chi connectivity index (χ2v) is 4.31. The molecule has 1 aromatic carbocycles. The molecule has 0 saturated carbocycles. The summed E-state index contributed by atoms with van der Waals surface area (Å²) in [6.07, 6.45) is -1.51. The molecule has 0 bridgehead atoms. The molecule has 0 aromatic heterocycles. The molecule has 8 heteroatoms. The molecule has 1 amide bonds. The monoisotopic (exact) mass is 298 g/mol. The average molecular weight is 298 g/mol. The number of hydrogen-bond acceptors (Lipinski definition) is 7. The number of carbonyl (C=O) groups is 1.